The second-order valence-corrected chi connectivity index (χ2v) is 1.36. The van der Waals surface area contributed by atoms with Gasteiger partial charge in [-0.15, -0.1) is 0 Å². The lowest BCUT2D eigenvalue weighted by atomic mass is 10.3. The third kappa shape index (κ3) is 2.24. The zero-order chi connectivity index (χ0) is 7.98. The number of ether oxygens (including phenoxy) is 1. The van der Waals surface area contributed by atoms with Crippen LogP contribution in [-0.4, -0.2) is 24.7 Å². The lowest BCUT2D eigenvalue weighted by Crippen LogP contribution is -2.08. The standard InChI is InChI=1S/C6H6NO3/c1-2-10-6(9)5(3-7)4-8/h4H,2H2,1H3/q-1. The summed E-state index contributed by atoms with van der Waals surface area (Å²) in [6.07, 6.45) is 0.179. The third-order valence-corrected chi connectivity index (χ3v) is 0.734. The van der Waals surface area contributed by atoms with Gasteiger partial charge in [-0.25, -0.2) is 4.79 Å². The van der Waals surface area contributed by atoms with Crippen molar-refractivity contribution in [2.24, 2.45) is 0 Å². The van der Waals surface area contributed by atoms with Crippen molar-refractivity contribution < 1.29 is 14.3 Å². The highest BCUT2D eigenvalue weighted by Gasteiger charge is 2.04. The minimum Gasteiger partial charge on any atom is -0.762 e. The summed E-state index contributed by atoms with van der Waals surface area (Å²) in [7, 11) is 0. The van der Waals surface area contributed by atoms with E-state index in [0.29, 0.717) is 0 Å². The van der Waals surface area contributed by atoms with Crippen LogP contribution in [0.2, 0.25) is 0 Å². The van der Waals surface area contributed by atoms with Crippen LogP contribution in [-0.2, 0) is 14.3 Å². The quantitative estimate of drug-likeness (QED) is 0.137. The van der Waals surface area contributed by atoms with Gasteiger partial charge >= 0.3 is 5.97 Å². The first-order chi connectivity index (χ1) is 4.76. The zero-order valence-corrected chi connectivity index (χ0v) is 5.46. The van der Waals surface area contributed by atoms with E-state index >= 15 is 0 Å². The number of esters is 1. The number of rotatable bonds is 3. The Morgan fingerprint density at radius 1 is 1.80 bits per heavy atom. The topological polar surface area (TPSA) is 65.7 Å². The van der Waals surface area contributed by atoms with Crippen molar-refractivity contribution in [1.29, 1.82) is 0 Å². The summed E-state index contributed by atoms with van der Waals surface area (Å²) in [4.78, 5) is 20.4. The van der Waals surface area contributed by atoms with Gasteiger partial charge in [0.15, 0.2) is 6.29 Å². The number of nitrogens with zero attached hydrogens (tertiary/aromatic N) is 1. The highest BCUT2D eigenvalue weighted by Crippen LogP contribution is 1.87. The van der Waals surface area contributed by atoms with Crippen LogP contribution in [0, 0.1) is 0 Å². The molecule has 0 aliphatic heterocycles. The summed E-state index contributed by atoms with van der Waals surface area (Å²) < 4.78 is 4.36. The molecule has 0 aromatic carbocycles. The molecule has 0 saturated carbocycles. The molecule has 0 radical (unpaired) electrons. The normalized spacial score (nSPS) is 7.70. The first-order valence-corrected chi connectivity index (χ1v) is 2.65. The molecule has 0 spiro atoms. The van der Waals surface area contributed by atoms with Crippen molar-refractivity contribution >= 4 is 18.1 Å². The molecule has 0 aromatic heterocycles. The first kappa shape index (κ1) is 8.59. The molecule has 0 amide bonds. The molecule has 0 aliphatic carbocycles. The zero-order valence-electron chi connectivity index (χ0n) is 5.46. The molecule has 0 aliphatic rings. The minimum atomic E-state index is -0.861. The third-order valence-electron chi connectivity index (χ3n) is 0.734. The number of aldehydes is 1. The van der Waals surface area contributed by atoms with Crippen molar-refractivity contribution in [2.45, 2.75) is 6.92 Å². The molecular weight excluding hydrogens is 134 g/mol. The van der Waals surface area contributed by atoms with E-state index in [1.54, 1.807) is 6.92 Å². The molecule has 0 saturated heterocycles. The van der Waals surface area contributed by atoms with Crippen molar-refractivity contribution in [3.8, 4) is 0 Å². The van der Waals surface area contributed by atoms with E-state index < -0.39 is 11.5 Å². The lowest BCUT2D eigenvalue weighted by Gasteiger charge is -1.97. The van der Waals surface area contributed by atoms with E-state index in [1.807, 2.05) is 0 Å². The summed E-state index contributed by atoms with van der Waals surface area (Å²) in [6, 6.07) is 0. The average molecular weight is 140 g/mol. The van der Waals surface area contributed by atoms with E-state index in [9.17, 15) is 9.59 Å². The lowest BCUT2D eigenvalue weighted by molar-refractivity contribution is -0.138. The van der Waals surface area contributed by atoms with Crippen LogP contribution >= 0.6 is 0 Å². The molecule has 0 fully saturated rings. The maximum Gasteiger partial charge on any atom is 0.347 e. The summed E-state index contributed by atoms with van der Waals surface area (Å²) in [5.41, 5.74) is -0.498. The Bertz CT molecular complexity index is 191. The fourth-order valence-electron chi connectivity index (χ4n) is 0.329. The van der Waals surface area contributed by atoms with Gasteiger partial charge in [-0.2, -0.15) is 0 Å². The minimum absolute atomic E-state index is 0.165. The van der Waals surface area contributed by atoms with Gasteiger partial charge in [-0.1, -0.05) is 0 Å². The molecule has 0 rings (SSSR count). The van der Waals surface area contributed by atoms with E-state index in [0.717, 1.165) is 0 Å². The van der Waals surface area contributed by atoms with Gasteiger partial charge < -0.3 is 10.1 Å². The fraction of sp³-hybridized carbons (Fsp3) is 0.333. The number of carbonyl (C=O) groups excluding carboxylic acids is 2. The highest BCUT2D eigenvalue weighted by atomic mass is 16.5. The molecule has 10 heavy (non-hydrogen) atoms. The molecule has 0 heterocycles. The van der Waals surface area contributed by atoms with Gasteiger partial charge in [0, 0.05) is 0 Å². The second kappa shape index (κ2) is 4.47. The summed E-state index contributed by atoms with van der Waals surface area (Å²) in [5, 5.41) is 8.10. The summed E-state index contributed by atoms with van der Waals surface area (Å²) in [5.74, 6) is 0.549. The van der Waals surface area contributed by atoms with Crippen LogP contribution in [0.15, 0.2) is 5.57 Å². The van der Waals surface area contributed by atoms with Crippen LogP contribution in [0.5, 0.6) is 0 Å². The molecule has 4 heteroatoms. The Morgan fingerprint density at radius 3 is 2.70 bits per heavy atom. The highest BCUT2D eigenvalue weighted by molar-refractivity contribution is 6.15. The fourth-order valence-corrected chi connectivity index (χ4v) is 0.329. The van der Waals surface area contributed by atoms with Crippen LogP contribution in [0.4, 0.5) is 0 Å². The van der Waals surface area contributed by atoms with Crippen LogP contribution in [0.3, 0.4) is 0 Å². The largest absolute Gasteiger partial charge is 0.762 e. The van der Waals surface area contributed by atoms with E-state index in [-0.39, 0.29) is 12.9 Å². The Labute approximate surface area is 58.0 Å². The molecule has 0 unspecified atom stereocenters. The molecule has 0 aromatic rings. The summed E-state index contributed by atoms with van der Waals surface area (Å²) >= 11 is 0. The van der Waals surface area contributed by atoms with Gasteiger partial charge in [-0.3, -0.25) is 10.7 Å². The van der Waals surface area contributed by atoms with Crippen LogP contribution in [0.25, 0.3) is 5.41 Å². The van der Waals surface area contributed by atoms with Crippen molar-refractivity contribution in [3.05, 3.63) is 11.0 Å². The second-order valence-electron chi connectivity index (χ2n) is 1.36. The Kier molecular flexibility index (Phi) is 3.84. The van der Waals surface area contributed by atoms with Gasteiger partial charge in [0.2, 0.25) is 0 Å². The first-order valence-electron chi connectivity index (χ1n) is 2.65. The number of hydrogen-bond acceptors (Lipinski definition) is 3. The van der Waals surface area contributed by atoms with Crippen molar-refractivity contribution in [3.63, 3.8) is 0 Å². The van der Waals surface area contributed by atoms with Crippen molar-refractivity contribution in [2.75, 3.05) is 6.61 Å². The number of hydrogen-bond donors (Lipinski definition) is 0. The Morgan fingerprint density at radius 2 is 2.40 bits per heavy atom. The van der Waals surface area contributed by atoms with Gasteiger partial charge in [0.25, 0.3) is 0 Å². The monoisotopic (exact) mass is 140 g/mol. The maximum atomic E-state index is 10.5. The summed E-state index contributed by atoms with van der Waals surface area (Å²) in [6.45, 7) is 1.76. The SMILES string of the molecule is CCOC(=O)C(=C=[N-])C=O. The average Bonchev–Trinajstić information content (AvgIpc) is 1.91. The Balaban J connectivity index is 4.18. The predicted molar refractivity (Wildman–Crippen MR) is 34.6 cm³/mol. The maximum absolute atomic E-state index is 10.5. The molecule has 0 bridgehead atoms. The van der Waals surface area contributed by atoms with Crippen LogP contribution < -0.4 is 0 Å². The van der Waals surface area contributed by atoms with E-state index in [4.69, 9.17) is 5.41 Å². The molecule has 4 nitrogen and oxygen atoms in total. The molecule has 0 atom stereocenters. The van der Waals surface area contributed by atoms with Crippen molar-refractivity contribution in [1.82, 2.24) is 0 Å². The molecule has 0 N–H and O–H groups in total. The molecule has 54 valence electrons. The Hall–Kier alpha value is -1.41. The smallest absolute Gasteiger partial charge is 0.347 e. The van der Waals surface area contributed by atoms with Crippen LogP contribution in [0.1, 0.15) is 6.92 Å². The van der Waals surface area contributed by atoms with Gasteiger partial charge in [0.05, 0.1) is 6.61 Å². The van der Waals surface area contributed by atoms with Gasteiger partial charge in [-0.05, 0) is 6.92 Å². The molecular formula is C6H6NO3-. The van der Waals surface area contributed by atoms with E-state index in [2.05, 4.69) is 4.74 Å². The van der Waals surface area contributed by atoms with Gasteiger partial charge in [0.1, 0.15) is 5.57 Å². The van der Waals surface area contributed by atoms with E-state index in [1.165, 1.54) is 5.87 Å². The number of carbonyl (C=O) groups is 2. The predicted octanol–water partition coefficient (Wildman–Crippen LogP) is -0.0861.